The fourth-order valence-electron chi connectivity index (χ4n) is 3.83. The van der Waals surface area contributed by atoms with Crippen LogP contribution in [0.4, 0.5) is 11.5 Å². The van der Waals surface area contributed by atoms with Crippen molar-refractivity contribution in [3.63, 3.8) is 0 Å². The maximum Gasteiger partial charge on any atom is 0.150 e. The second-order valence-electron chi connectivity index (χ2n) is 6.35. The highest BCUT2D eigenvalue weighted by molar-refractivity contribution is 5.67. The lowest BCUT2D eigenvalue weighted by molar-refractivity contribution is 0.201. The Labute approximate surface area is 121 Å². The summed E-state index contributed by atoms with van der Waals surface area (Å²) >= 11 is 0. The summed E-state index contributed by atoms with van der Waals surface area (Å²) < 4.78 is 1.99. The molecule has 0 spiro atoms. The van der Waals surface area contributed by atoms with Gasteiger partial charge in [-0.3, -0.25) is 9.58 Å². The third-order valence-electron chi connectivity index (χ3n) is 4.83. The highest BCUT2D eigenvalue weighted by Crippen LogP contribution is 2.33. The van der Waals surface area contributed by atoms with E-state index in [0.29, 0.717) is 12.1 Å². The lowest BCUT2D eigenvalue weighted by Crippen LogP contribution is -2.55. The number of anilines is 2. The highest BCUT2D eigenvalue weighted by Gasteiger charge is 2.36. The smallest absolute Gasteiger partial charge is 0.150 e. The van der Waals surface area contributed by atoms with Gasteiger partial charge in [0.25, 0.3) is 0 Å². The summed E-state index contributed by atoms with van der Waals surface area (Å²) in [6, 6.07) is 1.21. The van der Waals surface area contributed by atoms with Crippen LogP contribution in [-0.2, 0) is 13.5 Å². The van der Waals surface area contributed by atoms with E-state index in [1.54, 1.807) is 0 Å². The van der Waals surface area contributed by atoms with Crippen LogP contribution in [0.5, 0.6) is 0 Å². The minimum Gasteiger partial charge on any atom is -0.394 e. The van der Waals surface area contributed by atoms with Crippen LogP contribution >= 0.6 is 0 Å². The van der Waals surface area contributed by atoms with Gasteiger partial charge in [0.2, 0.25) is 0 Å². The molecule has 2 atom stereocenters. The molecule has 0 aliphatic carbocycles. The largest absolute Gasteiger partial charge is 0.394 e. The standard InChI is InChI=1S/C15H27N5/c1-4-6-13-14(16)15(18(3)17-13)20-10-12-7-5-8-19(12)9-11(20)2/h11-12H,4-10,16H2,1-3H3. The van der Waals surface area contributed by atoms with E-state index in [2.05, 4.69) is 28.7 Å². The number of fused-ring (bicyclic) bond motifs is 1. The summed E-state index contributed by atoms with van der Waals surface area (Å²) in [6.45, 7) is 7.99. The average Bonchev–Trinajstić information content (AvgIpc) is 2.95. The summed E-state index contributed by atoms with van der Waals surface area (Å²) in [6.07, 6.45) is 4.72. The van der Waals surface area contributed by atoms with Crippen molar-refractivity contribution in [2.45, 2.75) is 51.6 Å². The number of hydrogen-bond acceptors (Lipinski definition) is 4. The van der Waals surface area contributed by atoms with E-state index < -0.39 is 0 Å². The number of aromatic nitrogens is 2. The first-order valence-electron chi connectivity index (χ1n) is 7.93. The fourth-order valence-corrected chi connectivity index (χ4v) is 3.83. The Morgan fingerprint density at radius 1 is 1.35 bits per heavy atom. The van der Waals surface area contributed by atoms with Crippen LogP contribution in [0, 0.1) is 0 Å². The lowest BCUT2D eigenvalue weighted by atomic mass is 10.1. The van der Waals surface area contributed by atoms with E-state index in [0.717, 1.165) is 43.1 Å². The summed E-state index contributed by atoms with van der Waals surface area (Å²) in [5, 5.41) is 4.63. The molecular weight excluding hydrogens is 250 g/mol. The van der Waals surface area contributed by atoms with Gasteiger partial charge < -0.3 is 10.6 Å². The maximum absolute atomic E-state index is 6.38. The second kappa shape index (κ2) is 5.28. The van der Waals surface area contributed by atoms with Gasteiger partial charge in [-0.1, -0.05) is 13.3 Å². The maximum atomic E-state index is 6.38. The second-order valence-corrected chi connectivity index (χ2v) is 6.35. The van der Waals surface area contributed by atoms with Crippen LogP contribution in [0.2, 0.25) is 0 Å². The van der Waals surface area contributed by atoms with Crippen molar-refractivity contribution in [2.75, 3.05) is 30.3 Å². The van der Waals surface area contributed by atoms with Gasteiger partial charge in [0.05, 0.1) is 11.4 Å². The first-order valence-corrected chi connectivity index (χ1v) is 7.93. The van der Waals surface area contributed by atoms with E-state index in [1.807, 2.05) is 11.7 Å². The van der Waals surface area contributed by atoms with Crippen molar-refractivity contribution in [1.29, 1.82) is 0 Å². The van der Waals surface area contributed by atoms with Crippen LogP contribution in [0.25, 0.3) is 0 Å². The van der Waals surface area contributed by atoms with Gasteiger partial charge in [0, 0.05) is 32.2 Å². The van der Waals surface area contributed by atoms with Crippen molar-refractivity contribution >= 4 is 11.5 Å². The number of nitrogens with zero attached hydrogens (tertiary/aromatic N) is 4. The number of nitrogens with two attached hydrogens (primary N) is 1. The van der Waals surface area contributed by atoms with Crippen LogP contribution in [-0.4, -0.2) is 46.4 Å². The monoisotopic (exact) mass is 277 g/mol. The fraction of sp³-hybridized carbons (Fsp3) is 0.800. The van der Waals surface area contributed by atoms with Gasteiger partial charge >= 0.3 is 0 Å². The molecule has 5 heteroatoms. The Balaban J connectivity index is 1.88. The molecule has 2 saturated heterocycles. The molecule has 20 heavy (non-hydrogen) atoms. The van der Waals surface area contributed by atoms with Crippen LogP contribution in [0.1, 0.15) is 38.8 Å². The third kappa shape index (κ3) is 2.18. The van der Waals surface area contributed by atoms with Gasteiger partial charge in [0.15, 0.2) is 5.82 Å². The minimum atomic E-state index is 0.511. The molecule has 2 unspecified atom stereocenters. The molecule has 1 aromatic rings. The lowest BCUT2D eigenvalue weighted by Gasteiger charge is -2.43. The Bertz CT molecular complexity index is 481. The van der Waals surface area contributed by atoms with Gasteiger partial charge in [-0.2, -0.15) is 5.10 Å². The molecule has 3 rings (SSSR count). The van der Waals surface area contributed by atoms with Crippen molar-refractivity contribution in [3.05, 3.63) is 5.69 Å². The highest BCUT2D eigenvalue weighted by atomic mass is 15.4. The number of aryl methyl sites for hydroxylation is 2. The topological polar surface area (TPSA) is 50.3 Å². The molecular formula is C15H27N5. The molecule has 2 N–H and O–H groups in total. The van der Waals surface area contributed by atoms with Gasteiger partial charge in [-0.05, 0) is 32.7 Å². The number of piperazine rings is 1. The summed E-state index contributed by atoms with van der Waals surface area (Å²) in [7, 11) is 2.03. The van der Waals surface area contributed by atoms with Crippen molar-refractivity contribution < 1.29 is 0 Å². The predicted octanol–water partition coefficient (Wildman–Crippen LogP) is 1.63. The van der Waals surface area contributed by atoms with E-state index in [4.69, 9.17) is 5.73 Å². The molecule has 0 radical (unpaired) electrons. The normalized spacial score (nSPS) is 27.1. The first-order chi connectivity index (χ1) is 9.61. The van der Waals surface area contributed by atoms with Crippen molar-refractivity contribution in [2.24, 2.45) is 7.05 Å². The summed E-state index contributed by atoms with van der Waals surface area (Å²) in [5.41, 5.74) is 8.34. The Kier molecular flexibility index (Phi) is 3.63. The third-order valence-corrected chi connectivity index (χ3v) is 4.83. The molecule has 0 saturated carbocycles. The number of rotatable bonds is 3. The molecule has 1 aromatic heterocycles. The SMILES string of the molecule is CCCc1nn(C)c(N2CC3CCCN3CC2C)c1N. The minimum absolute atomic E-state index is 0.511. The molecule has 0 amide bonds. The Hall–Kier alpha value is -1.23. The summed E-state index contributed by atoms with van der Waals surface area (Å²) in [4.78, 5) is 5.12. The molecule has 0 bridgehead atoms. The molecule has 2 aliphatic heterocycles. The number of hydrogen-bond donors (Lipinski definition) is 1. The molecule has 2 aliphatic rings. The number of nitrogen functional groups attached to an aromatic ring is 1. The van der Waals surface area contributed by atoms with E-state index in [1.165, 1.54) is 19.4 Å². The van der Waals surface area contributed by atoms with Crippen LogP contribution in [0.3, 0.4) is 0 Å². The zero-order valence-corrected chi connectivity index (χ0v) is 13.0. The zero-order chi connectivity index (χ0) is 14.3. The predicted molar refractivity (Wildman–Crippen MR) is 83.0 cm³/mol. The van der Waals surface area contributed by atoms with E-state index >= 15 is 0 Å². The van der Waals surface area contributed by atoms with Crippen molar-refractivity contribution in [1.82, 2.24) is 14.7 Å². The molecule has 0 aromatic carbocycles. The first kappa shape index (κ1) is 13.7. The van der Waals surface area contributed by atoms with Gasteiger partial charge in [-0.15, -0.1) is 0 Å². The van der Waals surface area contributed by atoms with Crippen LogP contribution < -0.4 is 10.6 Å². The molecule has 3 heterocycles. The molecule has 2 fully saturated rings. The molecule has 112 valence electrons. The van der Waals surface area contributed by atoms with Gasteiger partial charge in [0.1, 0.15) is 0 Å². The van der Waals surface area contributed by atoms with Crippen LogP contribution in [0.15, 0.2) is 0 Å². The summed E-state index contributed by atoms with van der Waals surface area (Å²) in [5.74, 6) is 1.13. The van der Waals surface area contributed by atoms with Gasteiger partial charge in [-0.25, -0.2) is 0 Å². The Morgan fingerprint density at radius 2 is 2.15 bits per heavy atom. The quantitative estimate of drug-likeness (QED) is 0.912. The average molecular weight is 277 g/mol. The van der Waals surface area contributed by atoms with E-state index in [9.17, 15) is 0 Å². The molecule has 5 nitrogen and oxygen atoms in total. The van der Waals surface area contributed by atoms with E-state index in [-0.39, 0.29) is 0 Å². The Morgan fingerprint density at radius 3 is 2.90 bits per heavy atom. The zero-order valence-electron chi connectivity index (χ0n) is 13.0. The van der Waals surface area contributed by atoms with Crippen molar-refractivity contribution in [3.8, 4) is 0 Å².